The van der Waals surface area contributed by atoms with Gasteiger partial charge in [0.15, 0.2) is 9.58 Å². The van der Waals surface area contributed by atoms with Gasteiger partial charge in [-0.25, -0.2) is 0 Å². The highest BCUT2D eigenvalue weighted by atomic mass is 35.5. The van der Waals surface area contributed by atoms with Gasteiger partial charge in [-0.3, -0.25) is 0 Å². The monoisotopic (exact) mass is 336 g/mol. The Morgan fingerprint density at radius 1 is 1.14 bits per heavy atom. The molecule has 0 saturated carbocycles. The maximum atomic E-state index is 13.4. The number of thiophene rings is 1. The Morgan fingerprint density at radius 3 is 2.33 bits per heavy atom. The first-order chi connectivity index (χ1) is 9.34. The Balaban J connectivity index is 0.00000220. The molecule has 0 aliphatic carbocycles. The van der Waals surface area contributed by atoms with E-state index in [0.29, 0.717) is 16.0 Å². The van der Waals surface area contributed by atoms with E-state index in [1.165, 1.54) is 0 Å². The maximum absolute atomic E-state index is 13.4. The topological polar surface area (TPSA) is 0 Å². The first-order valence-corrected chi connectivity index (χ1v) is 8.22. The van der Waals surface area contributed by atoms with Gasteiger partial charge >= 0.3 is 5.51 Å². The summed E-state index contributed by atoms with van der Waals surface area (Å²) in [6.07, 6.45) is 2.28. The summed E-state index contributed by atoms with van der Waals surface area (Å²) in [7, 11) is -1.72. The minimum Gasteiger partial charge on any atom is -1.00 e. The summed E-state index contributed by atoms with van der Waals surface area (Å²) in [4.78, 5) is 0.551. The molecule has 0 amide bonds. The van der Waals surface area contributed by atoms with E-state index in [1.807, 2.05) is 32.9 Å². The first kappa shape index (κ1) is 18.3. The Labute approximate surface area is 132 Å². The summed E-state index contributed by atoms with van der Waals surface area (Å²) < 4.78 is 40.7. The zero-order valence-corrected chi connectivity index (χ0v) is 14.0. The quantitative estimate of drug-likeness (QED) is 0.749. The van der Waals surface area contributed by atoms with Crippen molar-refractivity contribution in [2.45, 2.75) is 51.5 Å². The van der Waals surface area contributed by atoms with Gasteiger partial charge in [0.25, 0.3) is 0 Å². The molecule has 0 N–H and O–H groups in total. The van der Waals surface area contributed by atoms with Crippen LogP contribution in [0.3, 0.4) is 0 Å². The van der Waals surface area contributed by atoms with Crippen LogP contribution in [0.5, 0.6) is 0 Å². The van der Waals surface area contributed by atoms with Gasteiger partial charge in [0.05, 0.1) is 10.5 Å². The lowest BCUT2D eigenvalue weighted by Gasteiger charge is -2.04. The number of hydrogen-bond acceptors (Lipinski definition) is 0. The molecule has 0 nitrogen and oxygen atoms in total. The predicted octanol–water partition coefficient (Wildman–Crippen LogP) is 3.54. The van der Waals surface area contributed by atoms with Crippen molar-refractivity contribution in [3.63, 3.8) is 0 Å². The molecular formula is C16H20ClF3S. The number of alkyl halides is 3. The van der Waals surface area contributed by atoms with E-state index in [1.54, 1.807) is 12.1 Å². The lowest BCUT2D eigenvalue weighted by Crippen LogP contribution is -3.00. The highest BCUT2D eigenvalue weighted by Gasteiger charge is 2.47. The molecule has 0 aliphatic heterocycles. The van der Waals surface area contributed by atoms with Crippen molar-refractivity contribution >= 4 is 20.6 Å². The Kier molecular flexibility index (Phi) is 6.11. The second kappa shape index (κ2) is 7.01. The van der Waals surface area contributed by atoms with E-state index in [-0.39, 0.29) is 18.3 Å². The van der Waals surface area contributed by atoms with Gasteiger partial charge < -0.3 is 12.4 Å². The maximum Gasteiger partial charge on any atom is 0.600 e. The molecule has 118 valence electrons. The van der Waals surface area contributed by atoms with Crippen LogP contribution in [-0.4, -0.2) is 0 Å². The summed E-state index contributed by atoms with van der Waals surface area (Å²) >= 11 is 0. The summed E-state index contributed by atoms with van der Waals surface area (Å²) in [6, 6.07) is 7.30. The van der Waals surface area contributed by atoms with Gasteiger partial charge in [-0.15, -0.1) is 13.2 Å². The number of fused-ring (bicyclic) bond motifs is 1. The second-order valence-corrected chi connectivity index (χ2v) is 7.46. The van der Waals surface area contributed by atoms with E-state index < -0.39 is 16.0 Å². The lowest BCUT2D eigenvalue weighted by molar-refractivity contribution is -0.0867. The number of halogens is 4. The molecule has 0 aliphatic rings. The van der Waals surface area contributed by atoms with Crippen LogP contribution >= 0.6 is 10.5 Å². The SMILES string of the molecule is CCCCc1cc2ccc(C(C)C)cc2[s+]1C(F)(F)F.[Cl-]. The van der Waals surface area contributed by atoms with Crippen LogP contribution in [0.4, 0.5) is 13.2 Å². The zero-order valence-electron chi connectivity index (χ0n) is 12.4. The van der Waals surface area contributed by atoms with Gasteiger partial charge in [0.2, 0.25) is 0 Å². The molecule has 0 spiro atoms. The van der Waals surface area contributed by atoms with Crippen molar-refractivity contribution in [1.82, 2.24) is 0 Å². The van der Waals surface area contributed by atoms with Gasteiger partial charge in [-0.2, -0.15) is 0 Å². The van der Waals surface area contributed by atoms with Crippen molar-refractivity contribution in [3.8, 4) is 0 Å². The molecule has 1 atom stereocenters. The van der Waals surface area contributed by atoms with Crippen molar-refractivity contribution in [1.29, 1.82) is 0 Å². The number of aryl methyl sites for hydroxylation is 1. The standard InChI is InChI=1S/C16H20F3S.ClH/c1-4-5-6-14-9-13-8-7-12(11(2)3)10-15(13)20(14)16(17,18)19;/h7-11H,4-6H2,1-3H3;1H/q+1;/p-1. The van der Waals surface area contributed by atoms with Crippen molar-refractivity contribution < 1.29 is 25.6 Å². The minimum atomic E-state index is -4.17. The summed E-state index contributed by atoms with van der Waals surface area (Å²) in [5.74, 6) is 0.249. The van der Waals surface area contributed by atoms with Crippen LogP contribution in [0.15, 0.2) is 24.3 Å². The highest BCUT2D eigenvalue weighted by molar-refractivity contribution is 7.38. The third kappa shape index (κ3) is 3.92. The molecule has 1 aromatic carbocycles. The molecule has 0 saturated heterocycles. The number of rotatable bonds is 4. The largest absolute Gasteiger partial charge is 1.00 e. The van der Waals surface area contributed by atoms with Gasteiger partial charge in [0.1, 0.15) is 0 Å². The van der Waals surface area contributed by atoms with Crippen LogP contribution in [0.1, 0.15) is 50.0 Å². The van der Waals surface area contributed by atoms with Crippen LogP contribution in [0.25, 0.3) is 10.1 Å². The third-order valence-corrected chi connectivity index (χ3v) is 5.61. The fourth-order valence-corrected chi connectivity index (χ4v) is 4.42. The molecule has 0 radical (unpaired) electrons. The van der Waals surface area contributed by atoms with Gasteiger partial charge in [-0.1, -0.05) is 33.3 Å². The number of benzene rings is 1. The van der Waals surface area contributed by atoms with E-state index in [9.17, 15) is 13.2 Å². The van der Waals surface area contributed by atoms with Crippen LogP contribution in [-0.2, 0) is 11.9 Å². The number of unbranched alkanes of at least 4 members (excludes halogenated alkanes) is 1. The molecule has 0 fully saturated rings. The molecule has 2 aromatic rings. The van der Waals surface area contributed by atoms with E-state index in [2.05, 4.69) is 0 Å². The third-order valence-electron chi connectivity index (χ3n) is 3.51. The van der Waals surface area contributed by atoms with Crippen LogP contribution in [0.2, 0.25) is 0 Å². The summed E-state index contributed by atoms with van der Waals surface area (Å²) in [5.41, 5.74) is -3.18. The Morgan fingerprint density at radius 2 is 1.81 bits per heavy atom. The predicted molar refractivity (Wildman–Crippen MR) is 80.4 cm³/mol. The molecule has 1 unspecified atom stereocenters. The Hall–Kier alpha value is -0.740. The molecule has 0 bridgehead atoms. The minimum absolute atomic E-state index is 0. The van der Waals surface area contributed by atoms with E-state index in [4.69, 9.17) is 0 Å². The first-order valence-electron chi connectivity index (χ1n) is 7.00. The average molecular weight is 337 g/mol. The fourth-order valence-electron chi connectivity index (χ4n) is 2.38. The zero-order chi connectivity index (χ0) is 14.9. The van der Waals surface area contributed by atoms with Crippen molar-refractivity contribution in [2.75, 3.05) is 0 Å². The molecular weight excluding hydrogens is 317 g/mol. The second-order valence-electron chi connectivity index (χ2n) is 5.42. The normalized spacial score (nSPS) is 12.8. The smallest absolute Gasteiger partial charge is 0.600 e. The van der Waals surface area contributed by atoms with E-state index in [0.717, 1.165) is 23.8 Å². The van der Waals surface area contributed by atoms with E-state index >= 15 is 0 Å². The molecule has 2 rings (SSSR count). The fraction of sp³-hybridized carbons (Fsp3) is 0.500. The molecule has 1 aromatic heterocycles. The van der Waals surface area contributed by atoms with Crippen LogP contribution in [0, 0.1) is 0 Å². The van der Waals surface area contributed by atoms with Gasteiger partial charge in [0, 0.05) is 23.9 Å². The lowest BCUT2D eigenvalue weighted by atomic mass is 10.0. The van der Waals surface area contributed by atoms with Crippen LogP contribution < -0.4 is 12.4 Å². The average Bonchev–Trinajstić information content (AvgIpc) is 2.72. The number of hydrogen-bond donors (Lipinski definition) is 0. The van der Waals surface area contributed by atoms with Gasteiger partial charge in [-0.05, 0) is 24.0 Å². The molecule has 5 heteroatoms. The Bertz CT molecular complexity index is 599. The summed E-state index contributed by atoms with van der Waals surface area (Å²) in [5, 5.41) is 0.751. The van der Waals surface area contributed by atoms with Crippen molar-refractivity contribution in [3.05, 3.63) is 34.7 Å². The molecule has 1 heterocycles. The summed E-state index contributed by atoms with van der Waals surface area (Å²) in [6.45, 7) is 6.02. The van der Waals surface area contributed by atoms with Crippen molar-refractivity contribution in [2.24, 2.45) is 0 Å². The highest BCUT2D eigenvalue weighted by Crippen LogP contribution is 2.51. The molecule has 21 heavy (non-hydrogen) atoms.